The average Bonchev–Trinajstić information content (AvgIpc) is 2.31. The molecule has 0 aliphatic carbocycles. The summed E-state index contributed by atoms with van der Waals surface area (Å²) < 4.78 is 5.00. The molecule has 0 aliphatic rings. The number of oxime groups is 1. The standard InChI is InChI=1S/C11H10N2O2/c1-15-11-6-3-9(4-7-11)2-5-10(8-12)13-14/h2-7,14H,1H3/b5-2+,13-10+. The highest BCUT2D eigenvalue weighted by Crippen LogP contribution is 2.12. The molecule has 4 heteroatoms. The van der Waals surface area contributed by atoms with Gasteiger partial charge in [0.2, 0.25) is 0 Å². The van der Waals surface area contributed by atoms with E-state index in [1.54, 1.807) is 19.3 Å². The minimum absolute atomic E-state index is 0.0363. The molecule has 0 bridgehead atoms. The van der Waals surface area contributed by atoms with E-state index in [4.69, 9.17) is 15.2 Å². The zero-order valence-corrected chi connectivity index (χ0v) is 8.21. The lowest BCUT2D eigenvalue weighted by molar-refractivity contribution is 0.320. The van der Waals surface area contributed by atoms with Crippen molar-refractivity contribution < 1.29 is 9.94 Å². The molecule has 1 aromatic rings. The lowest BCUT2D eigenvalue weighted by atomic mass is 10.2. The molecule has 15 heavy (non-hydrogen) atoms. The van der Waals surface area contributed by atoms with Gasteiger partial charge in [-0.05, 0) is 23.8 Å². The Bertz CT molecular complexity index is 413. The molecule has 0 aromatic heterocycles. The lowest BCUT2D eigenvalue weighted by Gasteiger charge is -1.98. The van der Waals surface area contributed by atoms with Gasteiger partial charge < -0.3 is 9.94 Å². The van der Waals surface area contributed by atoms with Crippen molar-refractivity contribution in [3.8, 4) is 11.8 Å². The number of hydrogen-bond donors (Lipinski definition) is 1. The fraction of sp³-hybridized carbons (Fsp3) is 0.0909. The van der Waals surface area contributed by atoms with Gasteiger partial charge in [0, 0.05) is 0 Å². The first-order valence-electron chi connectivity index (χ1n) is 4.24. The quantitative estimate of drug-likeness (QED) is 0.463. The molecule has 1 N–H and O–H groups in total. The van der Waals surface area contributed by atoms with E-state index in [2.05, 4.69) is 5.16 Å². The third-order valence-electron chi connectivity index (χ3n) is 1.77. The molecule has 1 rings (SSSR count). The maximum Gasteiger partial charge on any atom is 0.179 e. The van der Waals surface area contributed by atoms with Crippen molar-refractivity contribution in [3.05, 3.63) is 35.9 Å². The fourth-order valence-electron chi connectivity index (χ4n) is 0.983. The van der Waals surface area contributed by atoms with E-state index in [-0.39, 0.29) is 5.71 Å². The highest BCUT2D eigenvalue weighted by molar-refractivity contribution is 6.08. The van der Waals surface area contributed by atoms with Crippen LogP contribution in [0.4, 0.5) is 0 Å². The molecule has 4 nitrogen and oxygen atoms in total. The predicted molar refractivity (Wildman–Crippen MR) is 56.9 cm³/mol. The molecule has 0 radical (unpaired) electrons. The van der Waals surface area contributed by atoms with Crippen molar-refractivity contribution >= 4 is 11.8 Å². The van der Waals surface area contributed by atoms with Crippen LogP contribution in [0.5, 0.6) is 5.75 Å². The molecular formula is C11H10N2O2. The summed E-state index contributed by atoms with van der Waals surface area (Å²) in [5, 5.41) is 19.7. The van der Waals surface area contributed by atoms with Crippen LogP contribution >= 0.6 is 0 Å². The lowest BCUT2D eigenvalue weighted by Crippen LogP contribution is -1.86. The minimum atomic E-state index is -0.0363. The second kappa shape index (κ2) is 5.45. The zero-order chi connectivity index (χ0) is 11.1. The van der Waals surface area contributed by atoms with E-state index in [9.17, 15) is 0 Å². The van der Waals surface area contributed by atoms with Crippen molar-refractivity contribution in [2.75, 3.05) is 7.11 Å². The van der Waals surface area contributed by atoms with E-state index in [1.807, 2.05) is 24.3 Å². The largest absolute Gasteiger partial charge is 0.497 e. The van der Waals surface area contributed by atoms with Crippen LogP contribution in [0.15, 0.2) is 35.5 Å². The predicted octanol–water partition coefficient (Wildman–Crippen LogP) is 2.06. The Morgan fingerprint density at radius 3 is 2.60 bits per heavy atom. The zero-order valence-electron chi connectivity index (χ0n) is 8.21. The number of allylic oxidation sites excluding steroid dienone is 1. The molecule has 0 saturated heterocycles. The summed E-state index contributed by atoms with van der Waals surface area (Å²) in [4.78, 5) is 0. The molecule has 0 saturated carbocycles. The number of ether oxygens (including phenoxy) is 1. The second-order valence-electron chi connectivity index (χ2n) is 2.70. The third kappa shape index (κ3) is 3.16. The molecule has 76 valence electrons. The SMILES string of the molecule is COc1ccc(/C=C/C(C#N)=N\O)cc1. The van der Waals surface area contributed by atoms with Gasteiger partial charge in [-0.15, -0.1) is 0 Å². The maximum absolute atomic E-state index is 8.47. The van der Waals surface area contributed by atoms with Gasteiger partial charge >= 0.3 is 0 Å². The smallest absolute Gasteiger partial charge is 0.179 e. The van der Waals surface area contributed by atoms with Gasteiger partial charge in [0.05, 0.1) is 7.11 Å². The van der Waals surface area contributed by atoms with Gasteiger partial charge in [0.15, 0.2) is 5.71 Å². The van der Waals surface area contributed by atoms with Crippen LogP contribution in [0.1, 0.15) is 5.56 Å². The first-order chi connectivity index (χ1) is 7.30. The van der Waals surface area contributed by atoms with Crippen molar-refractivity contribution in [2.24, 2.45) is 5.16 Å². The molecular weight excluding hydrogens is 192 g/mol. The molecule has 0 heterocycles. The molecule has 0 fully saturated rings. The first-order valence-corrected chi connectivity index (χ1v) is 4.24. The minimum Gasteiger partial charge on any atom is -0.497 e. The van der Waals surface area contributed by atoms with E-state index in [0.717, 1.165) is 11.3 Å². The second-order valence-corrected chi connectivity index (χ2v) is 2.70. The molecule has 0 amide bonds. The Balaban J connectivity index is 2.78. The molecule has 1 aromatic carbocycles. The number of nitrogens with zero attached hydrogens (tertiary/aromatic N) is 2. The van der Waals surface area contributed by atoms with Crippen molar-refractivity contribution in [2.45, 2.75) is 0 Å². The monoisotopic (exact) mass is 202 g/mol. The summed E-state index contributed by atoms with van der Waals surface area (Å²) in [6.07, 6.45) is 3.11. The summed E-state index contributed by atoms with van der Waals surface area (Å²) in [5.74, 6) is 0.767. The Hall–Kier alpha value is -2.28. The van der Waals surface area contributed by atoms with E-state index in [0.29, 0.717) is 0 Å². The van der Waals surface area contributed by atoms with Crippen LogP contribution in [0, 0.1) is 11.3 Å². The fourth-order valence-corrected chi connectivity index (χ4v) is 0.983. The Morgan fingerprint density at radius 2 is 2.13 bits per heavy atom. The van der Waals surface area contributed by atoms with E-state index < -0.39 is 0 Å². The van der Waals surface area contributed by atoms with Crippen molar-refractivity contribution in [1.82, 2.24) is 0 Å². The number of nitriles is 1. The van der Waals surface area contributed by atoms with Crippen molar-refractivity contribution in [1.29, 1.82) is 5.26 Å². The van der Waals surface area contributed by atoms with Crippen LogP contribution in [-0.4, -0.2) is 18.0 Å². The third-order valence-corrected chi connectivity index (χ3v) is 1.77. The van der Waals surface area contributed by atoms with Gasteiger partial charge in [-0.2, -0.15) is 5.26 Å². The number of methoxy groups -OCH3 is 1. The number of hydrogen-bond acceptors (Lipinski definition) is 4. The molecule has 0 spiro atoms. The topological polar surface area (TPSA) is 65.6 Å². The number of rotatable bonds is 3. The summed E-state index contributed by atoms with van der Waals surface area (Å²) in [6.45, 7) is 0. The van der Waals surface area contributed by atoms with Gasteiger partial charge in [-0.1, -0.05) is 23.4 Å². The summed E-state index contributed by atoms with van der Waals surface area (Å²) >= 11 is 0. The summed E-state index contributed by atoms with van der Waals surface area (Å²) in [5.41, 5.74) is 0.859. The molecule has 0 aliphatic heterocycles. The van der Waals surface area contributed by atoms with Crippen molar-refractivity contribution in [3.63, 3.8) is 0 Å². The Labute approximate surface area is 87.7 Å². The van der Waals surface area contributed by atoms with Crippen LogP contribution in [0.3, 0.4) is 0 Å². The highest BCUT2D eigenvalue weighted by atomic mass is 16.5. The molecule has 0 unspecified atom stereocenters. The van der Waals surface area contributed by atoms with Crippen LogP contribution < -0.4 is 4.74 Å². The average molecular weight is 202 g/mol. The van der Waals surface area contributed by atoms with Crippen LogP contribution in [-0.2, 0) is 0 Å². The van der Waals surface area contributed by atoms with E-state index in [1.165, 1.54) is 6.08 Å². The Kier molecular flexibility index (Phi) is 3.92. The van der Waals surface area contributed by atoms with Gasteiger partial charge in [0.25, 0.3) is 0 Å². The Morgan fingerprint density at radius 1 is 1.47 bits per heavy atom. The van der Waals surface area contributed by atoms with Gasteiger partial charge in [-0.25, -0.2) is 0 Å². The summed E-state index contributed by atoms with van der Waals surface area (Å²) in [7, 11) is 1.59. The van der Waals surface area contributed by atoms with Crippen LogP contribution in [0.25, 0.3) is 6.08 Å². The number of benzene rings is 1. The highest BCUT2D eigenvalue weighted by Gasteiger charge is 1.92. The normalized spacial score (nSPS) is 11.3. The molecule has 0 atom stereocenters. The van der Waals surface area contributed by atoms with E-state index >= 15 is 0 Å². The van der Waals surface area contributed by atoms with Crippen LogP contribution in [0.2, 0.25) is 0 Å². The van der Waals surface area contributed by atoms with Gasteiger partial charge in [-0.3, -0.25) is 0 Å². The first kappa shape index (κ1) is 10.8. The summed E-state index contributed by atoms with van der Waals surface area (Å²) in [6, 6.07) is 9.02. The maximum atomic E-state index is 8.47. The van der Waals surface area contributed by atoms with Gasteiger partial charge in [0.1, 0.15) is 11.8 Å².